The summed E-state index contributed by atoms with van der Waals surface area (Å²) in [6, 6.07) is 11.5. The van der Waals surface area contributed by atoms with Crippen molar-refractivity contribution < 1.29 is 21.6 Å². The molecule has 42 heavy (non-hydrogen) atoms. The molecule has 2 heterocycles. The minimum absolute atomic E-state index is 0.0144. The van der Waals surface area contributed by atoms with E-state index in [1.54, 1.807) is 18.2 Å². The quantitative estimate of drug-likeness (QED) is 0.449. The Bertz CT molecular complexity index is 1560. The van der Waals surface area contributed by atoms with Gasteiger partial charge in [-0.25, -0.2) is 16.8 Å². The van der Waals surface area contributed by atoms with Crippen molar-refractivity contribution in [3.05, 3.63) is 89.0 Å². The van der Waals surface area contributed by atoms with Crippen LogP contribution in [0.5, 0.6) is 0 Å². The van der Waals surface area contributed by atoms with Gasteiger partial charge in [-0.05, 0) is 54.5 Å². The van der Waals surface area contributed by atoms with Crippen molar-refractivity contribution in [3.63, 3.8) is 0 Å². The Balaban J connectivity index is 0.00000198. The van der Waals surface area contributed by atoms with Crippen LogP contribution in [0.1, 0.15) is 42.5 Å². The molecule has 1 saturated heterocycles. The van der Waals surface area contributed by atoms with Crippen LogP contribution in [0.3, 0.4) is 0 Å². The Hall–Kier alpha value is -3.28. The number of rotatable bonds is 9. The molecule has 2 aromatic carbocycles. The first-order valence-corrected chi connectivity index (χ1v) is 17.8. The number of carbonyl (C=O) groups excluding carboxylic acids is 1. The molecule has 1 amide bonds. The summed E-state index contributed by atoms with van der Waals surface area (Å²) in [5, 5.41) is 5.87. The molecule has 226 valence electrons. The van der Waals surface area contributed by atoms with Crippen molar-refractivity contribution in [2.45, 2.75) is 50.5 Å². The van der Waals surface area contributed by atoms with E-state index in [0.29, 0.717) is 25.7 Å². The lowest BCUT2D eigenvalue weighted by atomic mass is 10.00. The minimum Gasteiger partial charge on any atom is -0.368 e. The highest BCUT2D eigenvalue weighted by Gasteiger charge is 2.41. The summed E-state index contributed by atoms with van der Waals surface area (Å²) >= 11 is 0. The number of aliphatic imine (C=N–C) groups is 1. The fourth-order valence-electron chi connectivity index (χ4n) is 5.22. The Kier molecular flexibility index (Phi) is 10.7. The van der Waals surface area contributed by atoms with Crippen LogP contribution in [0, 0.1) is 0 Å². The monoisotopic (exact) mass is 612 g/mol. The number of hydrogen-bond donors (Lipinski definition) is 2. The van der Waals surface area contributed by atoms with Crippen LogP contribution in [-0.2, 0) is 43.9 Å². The van der Waals surface area contributed by atoms with Gasteiger partial charge in [0.2, 0.25) is 15.9 Å². The summed E-state index contributed by atoms with van der Waals surface area (Å²) in [7, 11) is -7.81. The van der Waals surface area contributed by atoms with Crippen molar-refractivity contribution in [3.8, 4) is 0 Å². The third kappa shape index (κ3) is 7.76. The highest BCUT2D eigenvalue weighted by Crippen LogP contribution is 2.25. The zero-order valence-corrected chi connectivity index (χ0v) is 25.9. The number of nitrogens with one attached hydrogen (secondary N) is 2. The maximum absolute atomic E-state index is 13.7. The number of nitrogens with zero attached hydrogens (tertiary/aromatic N) is 2. The molecule has 0 saturated carbocycles. The smallest absolute Gasteiger partial charge is 0.243 e. The third-order valence-electron chi connectivity index (χ3n) is 7.36. The lowest BCUT2D eigenvalue weighted by molar-refractivity contribution is -0.126. The van der Waals surface area contributed by atoms with Gasteiger partial charge in [0.05, 0.1) is 22.9 Å². The average molecular weight is 613 g/mol. The Morgan fingerprint density at radius 1 is 0.905 bits per heavy atom. The van der Waals surface area contributed by atoms with Gasteiger partial charge >= 0.3 is 0 Å². The van der Waals surface area contributed by atoms with E-state index < -0.39 is 37.6 Å². The van der Waals surface area contributed by atoms with Gasteiger partial charge in [-0.3, -0.25) is 9.79 Å². The molecule has 0 radical (unpaired) electrons. The molecular formula is C31H40N4O5S2. The van der Waals surface area contributed by atoms with Crippen LogP contribution in [0.25, 0.3) is 0 Å². The molecule has 3 aliphatic rings. The summed E-state index contributed by atoms with van der Waals surface area (Å²) in [5.41, 5.74) is 3.93. The highest BCUT2D eigenvalue weighted by molar-refractivity contribution is 7.91. The van der Waals surface area contributed by atoms with Gasteiger partial charge in [-0.1, -0.05) is 68.5 Å². The van der Waals surface area contributed by atoms with Crippen LogP contribution in [0.4, 0.5) is 0 Å². The number of benzene rings is 2. The lowest BCUT2D eigenvalue weighted by Crippen LogP contribution is -2.59. The van der Waals surface area contributed by atoms with Gasteiger partial charge in [-0.15, -0.1) is 0 Å². The zero-order valence-electron chi connectivity index (χ0n) is 24.3. The van der Waals surface area contributed by atoms with Gasteiger partial charge in [0.1, 0.15) is 11.9 Å². The summed E-state index contributed by atoms with van der Waals surface area (Å²) < 4.78 is 54.6. The molecule has 5 rings (SSSR count). The van der Waals surface area contributed by atoms with E-state index in [4.69, 9.17) is 0 Å². The van der Waals surface area contributed by atoms with Crippen molar-refractivity contribution >= 4 is 31.6 Å². The number of amides is 1. The molecule has 1 aliphatic carbocycles. The Morgan fingerprint density at radius 2 is 1.62 bits per heavy atom. The van der Waals surface area contributed by atoms with E-state index in [2.05, 4.69) is 15.6 Å². The number of amidine groups is 1. The van der Waals surface area contributed by atoms with E-state index in [-0.39, 0.29) is 23.7 Å². The minimum atomic E-state index is -4.09. The second-order valence-corrected chi connectivity index (χ2v) is 14.3. The molecule has 9 nitrogen and oxygen atoms in total. The summed E-state index contributed by atoms with van der Waals surface area (Å²) in [6.45, 7) is 5.73. The van der Waals surface area contributed by atoms with Crippen molar-refractivity contribution in [2.24, 2.45) is 4.99 Å². The molecule has 2 aliphatic heterocycles. The zero-order chi connectivity index (χ0) is 30.2. The second kappa shape index (κ2) is 14.3. The number of piperazine rings is 1. The molecule has 0 aromatic heterocycles. The molecule has 0 bridgehead atoms. The summed E-state index contributed by atoms with van der Waals surface area (Å²) in [4.78, 5) is 17.3. The van der Waals surface area contributed by atoms with Gasteiger partial charge in [0.25, 0.3) is 0 Å². The van der Waals surface area contributed by atoms with Crippen LogP contribution in [0.2, 0.25) is 0 Å². The maximum atomic E-state index is 13.7. The first-order chi connectivity index (χ1) is 20.2. The van der Waals surface area contributed by atoms with Crippen LogP contribution < -0.4 is 10.6 Å². The number of fused-ring (bicyclic) bond motifs is 1. The maximum Gasteiger partial charge on any atom is 0.243 e. The first kappa shape index (κ1) is 31.7. The highest BCUT2D eigenvalue weighted by atomic mass is 32.2. The molecule has 11 heteroatoms. The number of hydrogen-bond acceptors (Lipinski definition) is 7. The normalized spacial score (nSPS) is 19.7. The second-order valence-electron chi connectivity index (χ2n) is 10.2. The Morgan fingerprint density at radius 3 is 2.31 bits per heavy atom. The largest absolute Gasteiger partial charge is 0.368 e. The van der Waals surface area contributed by atoms with E-state index in [9.17, 15) is 21.6 Å². The van der Waals surface area contributed by atoms with E-state index in [1.165, 1.54) is 0 Å². The molecule has 1 atom stereocenters. The van der Waals surface area contributed by atoms with Gasteiger partial charge in [0.15, 0.2) is 9.84 Å². The number of sulfone groups is 1. The van der Waals surface area contributed by atoms with Crippen molar-refractivity contribution in [1.82, 2.24) is 14.9 Å². The number of aryl methyl sites for hydroxylation is 1. The fourth-order valence-corrected chi connectivity index (χ4v) is 8.51. The van der Waals surface area contributed by atoms with Gasteiger partial charge < -0.3 is 10.6 Å². The van der Waals surface area contributed by atoms with Crippen LogP contribution in [0.15, 0.2) is 76.7 Å². The number of sulfonamides is 1. The summed E-state index contributed by atoms with van der Waals surface area (Å²) in [6.07, 6.45) is 10.1. The van der Waals surface area contributed by atoms with Crippen molar-refractivity contribution in [2.75, 3.05) is 37.7 Å². The fraction of sp³-hybridized carbons (Fsp3) is 0.419. The van der Waals surface area contributed by atoms with E-state index in [0.717, 1.165) is 45.5 Å². The van der Waals surface area contributed by atoms with Crippen molar-refractivity contribution in [1.29, 1.82) is 0 Å². The molecule has 2 aromatic rings. The van der Waals surface area contributed by atoms with E-state index in [1.807, 2.05) is 62.4 Å². The van der Waals surface area contributed by atoms with Crippen LogP contribution >= 0.6 is 0 Å². The number of carbonyl (C=O) groups is 1. The lowest BCUT2D eigenvalue weighted by Gasteiger charge is -2.34. The molecule has 2 N–H and O–H groups in total. The molecule has 0 spiro atoms. The summed E-state index contributed by atoms with van der Waals surface area (Å²) in [5.74, 6) is -0.410. The predicted molar refractivity (Wildman–Crippen MR) is 167 cm³/mol. The average Bonchev–Trinajstić information content (AvgIpc) is 3.51. The molecule has 0 unspecified atom stereocenters. The topological polar surface area (TPSA) is 125 Å². The van der Waals surface area contributed by atoms with Gasteiger partial charge in [-0.2, -0.15) is 4.31 Å². The van der Waals surface area contributed by atoms with Gasteiger partial charge in [0, 0.05) is 25.2 Å². The van der Waals surface area contributed by atoms with E-state index >= 15 is 0 Å². The predicted octanol–water partition coefficient (Wildman–Crippen LogP) is 2.81. The SMILES string of the molecule is CC.O=C1NCCN(S(=O)(=O)c2ccc3c(c2)CC=C/C=C\C3)[C@@H]1CS(=O)(=O)CCCc1ccc(C2=NCCN2)cc1. The molecule has 1 fully saturated rings. The third-order valence-corrected chi connectivity index (χ3v) is 11.0. The Labute approximate surface area is 249 Å². The number of allylic oxidation sites excluding steroid dienone is 4. The first-order valence-electron chi connectivity index (χ1n) is 14.5. The van der Waals surface area contributed by atoms with Crippen LogP contribution in [-0.4, -0.2) is 76.6 Å². The standard InChI is InChI=1S/C29H34N4O5S2.C2H6/c34-29-27(21-39(35,36)19-5-6-22-9-11-24(12-10-22)28-30-15-16-31-28)33(18-17-32-29)40(37,38)26-14-13-23-7-3-1-2-4-8-25(23)20-26;1-2/h1-4,9-14,20,27H,5-8,15-19,21H2,(H,30,31)(H,32,34);1-2H3/b3-1-,4-2?;/t27-;/m1./s1. The molecular weight excluding hydrogens is 572 g/mol.